The van der Waals surface area contributed by atoms with Crippen LogP contribution in [-0.4, -0.2) is 25.0 Å². The van der Waals surface area contributed by atoms with Gasteiger partial charge < -0.3 is 15.8 Å². The largest absolute Gasteiger partial charge is 0.465 e. The van der Waals surface area contributed by atoms with Gasteiger partial charge in [-0.1, -0.05) is 13.0 Å². The molecule has 5 heteroatoms. The third-order valence-electron chi connectivity index (χ3n) is 2.69. The van der Waals surface area contributed by atoms with Crippen LogP contribution in [0.5, 0.6) is 0 Å². The zero-order chi connectivity index (χ0) is 13.7. The van der Waals surface area contributed by atoms with E-state index in [0.717, 1.165) is 5.56 Å². The average molecular weight is 250 g/mol. The van der Waals surface area contributed by atoms with Gasteiger partial charge in [-0.2, -0.15) is 0 Å². The molecule has 0 saturated carbocycles. The lowest BCUT2D eigenvalue weighted by molar-refractivity contribution is -0.117. The third kappa shape index (κ3) is 3.30. The third-order valence-corrected chi connectivity index (χ3v) is 2.69. The number of amides is 1. The number of hydrogen-bond acceptors (Lipinski definition) is 4. The molecule has 98 valence electrons. The average Bonchev–Trinajstić information content (AvgIpc) is 2.39. The number of carbonyl (C=O) groups excluding carboxylic acids is 2. The van der Waals surface area contributed by atoms with Gasteiger partial charge in [-0.15, -0.1) is 0 Å². The molecule has 1 aromatic carbocycles. The predicted molar refractivity (Wildman–Crippen MR) is 69.4 cm³/mol. The lowest BCUT2D eigenvalue weighted by Gasteiger charge is -2.13. The second kappa shape index (κ2) is 6.16. The molecule has 5 nitrogen and oxygen atoms in total. The highest BCUT2D eigenvalue weighted by atomic mass is 16.5. The Morgan fingerprint density at radius 2 is 2.11 bits per heavy atom. The molecule has 0 radical (unpaired) electrons. The Bertz CT molecular complexity index is 458. The molecule has 3 N–H and O–H groups in total. The SMILES string of the molecule is CC[C@H](N)C(=O)Nc1cc(C(=O)OC)ccc1C. The van der Waals surface area contributed by atoms with E-state index in [4.69, 9.17) is 5.73 Å². The van der Waals surface area contributed by atoms with E-state index in [2.05, 4.69) is 10.1 Å². The van der Waals surface area contributed by atoms with Crippen molar-refractivity contribution in [2.45, 2.75) is 26.3 Å². The van der Waals surface area contributed by atoms with Crippen LogP contribution in [0.2, 0.25) is 0 Å². The highest BCUT2D eigenvalue weighted by molar-refractivity contribution is 5.97. The molecule has 1 atom stereocenters. The van der Waals surface area contributed by atoms with Crippen LogP contribution in [0.25, 0.3) is 0 Å². The minimum atomic E-state index is -0.550. The number of esters is 1. The summed E-state index contributed by atoms with van der Waals surface area (Å²) in [6, 6.07) is 4.43. The molecule has 1 amide bonds. The number of benzene rings is 1. The van der Waals surface area contributed by atoms with Crippen molar-refractivity contribution in [1.29, 1.82) is 0 Å². The Balaban J connectivity index is 2.94. The summed E-state index contributed by atoms with van der Waals surface area (Å²) in [5.74, 6) is -0.701. The number of hydrogen-bond donors (Lipinski definition) is 2. The fraction of sp³-hybridized carbons (Fsp3) is 0.385. The highest BCUT2D eigenvalue weighted by Crippen LogP contribution is 2.17. The van der Waals surface area contributed by atoms with Gasteiger partial charge in [0.2, 0.25) is 5.91 Å². The Hall–Kier alpha value is -1.88. The van der Waals surface area contributed by atoms with Crippen molar-refractivity contribution in [2.75, 3.05) is 12.4 Å². The summed E-state index contributed by atoms with van der Waals surface area (Å²) in [4.78, 5) is 23.1. The van der Waals surface area contributed by atoms with Crippen molar-refractivity contribution < 1.29 is 14.3 Å². The maximum absolute atomic E-state index is 11.7. The van der Waals surface area contributed by atoms with Crippen molar-refractivity contribution in [2.24, 2.45) is 5.73 Å². The monoisotopic (exact) mass is 250 g/mol. The fourth-order valence-electron chi connectivity index (χ4n) is 1.41. The summed E-state index contributed by atoms with van der Waals surface area (Å²) in [6.45, 7) is 3.68. The number of rotatable bonds is 4. The zero-order valence-electron chi connectivity index (χ0n) is 10.8. The summed E-state index contributed by atoms with van der Waals surface area (Å²) < 4.78 is 4.63. The van der Waals surface area contributed by atoms with Gasteiger partial charge in [0.05, 0.1) is 18.7 Å². The van der Waals surface area contributed by atoms with Crippen molar-refractivity contribution in [3.8, 4) is 0 Å². The van der Waals surface area contributed by atoms with Crippen molar-refractivity contribution in [1.82, 2.24) is 0 Å². The first-order valence-corrected chi connectivity index (χ1v) is 5.75. The molecule has 0 unspecified atom stereocenters. The maximum atomic E-state index is 11.7. The van der Waals surface area contributed by atoms with Crippen LogP contribution in [0.4, 0.5) is 5.69 Å². The van der Waals surface area contributed by atoms with Gasteiger partial charge in [-0.3, -0.25) is 4.79 Å². The minimum Gasteiger partial charge on any atom is -0.465 e. The predicted octanol–water partition coefficient (Wildman–Crippen LogP) is 1.46. The lowest BCUT2D eigenvalue weighted by Crippen LogP contribution is -2.35. The quantitative estimate of drug-likeness (QED) is 0.793. The number of nitrogens with two attached hydrogens (primary N) is 1. The van der Waals surface area contributed by atoms with E-state index >= 15 is 0 Å². The molecule has 0 saturated heterocycles. The van der Waals surface area contributed by atoms with Crippen molar-refractivity contribution in [3.05, 3.63) is 29.3 Å². The molecule has 1 rings (SSSR count). The summed E-state index contributed by atoms with van der Waals surface area (Å²) in [5.41, 5.74) is 7.46. The van der Waals surface area contributed by atoms with Gasteiger partial charge in [0.25, 0.3) is 0 Å². The van der Waals surface area contributed by atoms with Crippen LogP contribution in [0, 0.1) is 6.92 Å². The van der Waals surface area contributed by atoms with Crippen LogP contribution in [-0.2, 0) is 9.53 Å². The molecule has 0 heterocycles. The molecule has 0 aliphatic carbocycles. The normalized spacial score (nSPS) is 11.8. The van der Waals surface area contributed by atoms with E-state index in [-0.39, 0.29) is 5.91 Å². The van der Waals surface area contributed by atoms with E-state index in [1.54, 1.807) is 18.2 Å². The second-order valence-electron chi connectivity index (χ2n) is 4.03. The van der Waals surface area contributed by atoms with Crippen LogP contribution >= 0.6 is 0 Å². The molecular formula is C13H18N2O3. The first kappa shape index (κ1) is 14.2. The smallest absolute Gasteiger partial charge is 0.337 e. The molecule has 0 fully saturated rings. The van der Waals surface area contributed by atoms with E-state index in [9.17, 15) is 9.59 Å². The number of anilines is 1. The van der Waals surface area contributed by atoms with Gasteiger partial charge >= 0.3 is 5.97 Å². The number of ether oxygens (including phenoxy) is 1. The number of carbonyl (C=O) groups is 2. The summed E-state index contributed by atoms with van der Waals surface area (Å²) in [7, 11) is 1.31. The lowest BCUT2D eigenvalue weighted by atomic mass is 10.1. The van der Waals surface area contributed by atoms with Crippen LogP contribution in [0.1, 0.15) is 29.3 Å². The van der Waals surface area contributed by atoms with E-state index < -0.39 is 12.0 Å². The van der Waals surface area contributed by atoms with Gasteiger partial charge in [0.15, 0.2) is 0 Å². The number of aryl methyl sites for hydroxylation is 1. The van der Waals surface area contributed by atoms with Crippen molar-refractivity contribution >= 4 is 17.6 Å². The molecular weight excluding hydrogens is 232 g/mol. The fourth-order valence-corrected chi connectivity index (χ4v) is 1.41. The molecule has 0 aromatic heterocycles. The minimum absolute atomic E-state index is 0.261. The molecule has 0 bridgehead atoms. The van der Waals surface area contributed by atoms with Gasteiger partial charge in [0.1, 0.15) is 0 Å². The Kier molecular flexibility index (Phi) is 4.85. The van der Waals surface area contributed by atoms with Gasteiger partial charge in [-0.05, 0) is 31.0 Å². The number of nitrogens with one attached hydrogen (secondary N) is 1. The van der Waals surface area contributed by atoms with Crippen LogP contribution in [0.15, 0.2) is 18.2 Å². The Labute approximate surface area is 106 Å². The second-order valence-corrected chi connectivity index (χ2v) is 4.03. The summed E-state index contributed by atoms with van der Waals surface area (Å²) in [5, 5.41) is 2.71. The van der Waals surface area contributed by atoms with E-state index in [0.29, 0.717) is 17.7 Å². The molecule has 0 spiro atoms. The Morgan fingerprint density at radius 1 is 1.44 bits per heavy atom. The van der Waals surface area contributed by atoms with Gasteiger partial charge in [0, 0.05) is 5.69 Å². The Morgan fingerprint density at radius 3 is 2.67 bits per heavy atom. The first-order valence-electron chi connectivity index (χ1n) is 5.75. The molecule has 18 heavy (non-hydrogen) atoms. The first-order chi connectivity index (χ1) is 8.49. The van der Waals surface area contributed by atoms with Crippen LogP contribution in [0.3, 0.4) is 0 Å². The summed E-state index contributed by atoms with van der Waals surface area (Å²) in [6.07, 6.45) is 0.557. The summed E-state index contributed by atoms with van der Waals surface area (Å²) >= 11 is 0. The molecule has 0 aliphatic heterocycles. The highest BCUT2D eigenvalue weighted by Gasteiger charge is 2.14. The van der Waals surface area contributed by atoms with Gasteiger partial charge in [-0.25, -0.2) is 4.79 Å². The molecule has 1 aromatic rings. The zero-order valence-corrected chi connectivity index (χ0v) is 10.8. The van der Waals surface area contributed by atoms with E-state index in [1.165, 1.54) is 7.11 Å². The van der Waals surface area contributed by atoms with Crippen molar-refractivity contribution in [3.63, 3.8) is 0 Å². The number of methoxy groups -OCH3 is 1. The molecule has 0 aliphatic rings. The standard InChI is InChI=1S/C13H18N2O3/c1-4-10(14)12(16)15-11-7-9(13(17)18-3)6-5-8(11)2/h5-7,10H,4,14H2,1-3H3,(H,15,16)/t10-/m0/s1. The van der Waals surface area contributed by atoms with E-state index in [1.807, 2.05) is 13.8 Å². The maximum Gasteiger partial charge on any atom is 0.337 e. The topological polar surface area (TPSA) is 81.4 Å². The van der Waals surface area contributed by atoms with Crippen LogP contribution < -0.4 is 11.1 Å².